The number of aromatic nitrogens is 2. The zero-order valence-electron chi connectivity index (χ0n) is 12.0. The van der Waals surface area contributed by atoms with Gasteiger partial charge < -0.3 is 10.3 Å². The lowest BCUT2D eigenvalue weighted by atomic mass is 10.2. The molecule has 0 aliphatic carbocycles. The van der Waals surface area contributed by atoms with E-state index in [0.717, 1.165) is 6.07 Å². The van der Waals surface area contributed by atoms with Crippen LogP contribution in [0.5, 0.6) is 0 Å². The quantitative estimate of drug-likeness (QED) is 0.773. The molecule has 0 aliphatic rings. The van der Waals surface area contributed by atoms with Crippen LogP contribution in [0.3, 0.4) is 0 Å². The molecule has 2 N–H and O–H groups in total. The molecule has 1 aromatic heterocycles. The van der Waals surface area contributed by atoms with Crippen molar-refractivity contribution in [1.82, 2.24) is 14.9 Å². The number of amides is 1. The Labute approximate surface area is 129 Å². The van der Waals surface area contributed by atoms with Crippen LogP contribution < -0.4 is 11.0 Å². The Kier molecular flexibility index (Phi) is 3.92. The van der Waals surface area contributed by atoms with Gasteiger partial charge in [-0.05, 0) is 36.4 Å². The molecular weight excluding hydrogens is 304 g/mol. The highest BCUT2D eigenvalue weighted by atomic mass is 19.1. The Morgan fingerprint density at radius 1 is 1.13 bits per heavy atom. The van der Waals surface area contributed by atoms with Gasteiger partial charge >= 0.3 is 5.69 Å². The largest absolute Gasteiger partial charge is 0.350 e. The Bertz CT molecular complexity index is 930. The van der Waals surface area contributed by atoms with Crippen molar-refractivity contribution in [3.05, 3.63) is 70.1 Å². The van der Waals surface area contributed by atoms with E-state index in [1.807, 2.05) is 0 Å². The zero-order chi connectivity index (χ0) is 16.4. The number of nitrogens with one attached hydrogen (secondary N) is 2. The van der Waals surface area contributed by atoms with Gasteiger partial charge in [0.05, 0.1) is 11.0 Å². The van der Waals surface area contributed by atoms with Crippen LogP contribution in [-0.4, -0.2) is 22.0 Å². The van der Waals surface area contributed by atoms with Crippen LogP contribution in [0.15, 0.2) is 47.3 Å². The summed E-state index contributed by atoms with van der Waals surface area (Å²) in [5.41, 5.74) is 0.770. The smallest absolute Gasteiger partial charge is 0.326 e. The summed E-state index contributed by atoms with van der Waals surface area (Å²) >= 11 is 0. The average molecular weight is 317 g/mol. The van der Waals surface area contributed by atoms with Gasteiger partial charge in [0.2, 0.25) is 0 Å². The minimum atomic E-state index is -0.493. The van der Waals surface area contributed by atoms with Crippen LogP contribution in [0.25, 0.3) is 11.0 Å². The maximum atomic E-state index is 13.1. The van der Waals surface area contributed by atoms with Crippen LogP contribution >= 0.6 is 0 Å². The van der Waals surface area contributed by atoms with Gasteiger partial charge in [0, 0.05) is 18.7 Å². The molecule has 0 saturated carbocycles. The summed E-state index contributed by atoms with van der Waals surface area (Å²) in [6.07, 6.45) is 0. The highest BCUT2D eigenvalue weighted by molar-refractivity contribution is 5.94. The third kappa shape index (κ3) is 3.13. The summed E-state index contributed by atoms with van der Waals surface area (Å²) in [6, 6.07) is 9.33. The van der Waals surface area contributed by atoms with Crippen LogP contribution in [0.2, 0.25) is 0 Å². The molecule has 2 aromatic carbocycles. The van der Waals surface area contributed by atoms with Crippen molar-refractivity contribution in [2.45, 2.75) is 6.54 Å². The molecule has 0 unspecified atom stereocenters. The molecule has 0 aliphatic heterocycles. The van der Waals surface area contributed by atoms with E-state index in [9.17, 15) is 18.4 Å². The number of nitrogens with zero attached hydrogens (tertiary/aromatic N) is 1. The van der Waals surface area contributed by atoms with E-state index in [1.165, 1.54) is 41.0 Å². The van der Waals surface area contributed by atoms with Gasteiger partial charge in [-0.25, -0.2) is 13.6 Å². The van der Waals surface area contributed by atoms with E-state index in [1.54, 1.807) is 0 Å². The number of carbonyl (C=O) groups excluding carboxylic acids is 1. The summed E-state index contributed by atoms with van der Waals surface area (Å²) in [7, 11) is 0. The number of carbonyl (C=O) groups is 1. The van der Waals surface area contributed by atoms with Gasteiger partial charge in [-0.3, -0.25) is 9.36 Å². The van der Waals surface area contributed by atoms with Crippen molar-refractivity contribution in [3.63, 3.8) is 0 Å². The van der Waals surface area contributed by atoms with Gasteiger partial charge in [0.15, 0.2) is 0 Å². The van der Waals surface area contributed by atoms with Crippen molar-refractivity contribution < 1.29 is 13.6 Å². The molecule has 3 rings (SSSR count). The van der Waals surface area contributed by atoms with Gasteiger partial charge in [-0.2, -0.15) is 0 Å². The molecule has 0 bridgehead atoms. The lowest BCUT2D eigenvalue weighted by Gasteiger charge is -2.06. The summed E-state index contributed by atoms with van der Waals surface area (Å²) in [5.74, 6) is -1.36. The number of hydrogen-bond donors (Lipinski definition) is 2. The predicted octanol–water partition coefficient (Wildman–Crippen LogP) is 2.04. The third-order valence-corrected chi connectivity index (χ3v) is 3.44. The topological polar surface area (TPSA) is 66.9 Å². The van der Waals surface area contributed by atoms with Crippen molar-refractivity contribution in [2.75, 3.05) is 6.54 Å². The van der Waals surface area contributed by atoms with Gasteiger partial charge in [-0.15, -0.1) is 0 Å². The molecule has 0 fully saturated rings. The second-order valence-corrected chi connectivity index (χ2v) is 5.01. The Morgan fingerprint density at radius 3 is 2.70 bits per heavy atom. The Balaban J connectivity index is 1.71. The maximum absolute atomic E-state index is 13.1. The second kappa shape index (κ2) is 6.04. The minimum Gasteiger partial charge on any atom is -0.350 e. The first-order valence-corrected chi connectivity index (χ1v) is 6.96. The second-order valence-electron chi connectivity index (χ2n) is 5.01. The summed E-state index contributed by atoms with van der Waals surface area (Å²) in [6.45, 7) is 0.394. The molecule has 0 atom stereocenters. The molecule has 0 saturated heterocycles. The highest BCUT2D eigenvalue weighted by Gasteiger charge is 2.09. The Hall–Kier alpha value is -2.96. The lowest BCUT2D eigenvalue weighted by Crippen LogP contribution is -2.30. The molecule has 1 heterocycles. The monoisotopic (exact) mass is 317 g/mol. The number of benzene rings is 2. The number of rotatable bonds is 4. The molecular formula is C16H13F2N3O2. The normalized spacial score (nSPS) is 10.9. The van der Waals surface area contributed by atoms with Crippen molar-refractivity contribution in [2.24, 2.45) is 0 Å². The summed E-state index contributed by atoms with van der Waals surface area (Å²) < 4.78 is 27.6. The fourth-order valence-corrected chi connectivity index (χ4v) is 2.37. The van der Waals surface area contributed by atoms with E-state index in [2.05, 4.69) is 10.3 Å². The van der Waals surface area contributed by atoms with E-state index in [0.29, 0.717) is 11.0 Å². The number of imidazole rings is 1. The number of fused-ring (bicyclic) bond motifs is 1. The van der Waals surface area contributed by atoms with Crippen molar-refractivity contribution >= 4 is 16.9 Å². The minimum absolute atomic E-state index is 0.180. The molecule has 5 nitrogen and oxygen atoms in total. The van der Waals surface area contributed by atoms with E-state index < -0.39 is 17.5 Å². The van der Waals surface area contributed by atoms with E-state index in [-0.39, 0.29) is 24.3 Å². The predicted molar refractivity (Wildman–Crippen MR) is 81.2 cm³/mol. The molecule has 3 aromatic rings. The third-order valence-electron chi connectivity index (χ3n) is 3.44. The van der Waals surface area contributed by atoms with Crippen LogP contribution in [0, 0.1) is 11.6 Å². The number of halogens is 2. The molecule has 1 amide bonds. The molecule has 0 spiro atoms. The summed E-state index contributed by atoms with van der Waals surface area (Å²) in [5, 5.41) is 2.61. The number of aromatic amines is 1. The average Bonchev–Trinajstić information content (AvgIpc) is 2.82. The van der Waals surface area contributed by atoms with Gasteiger partial charge in [-0.1, -0.05) is 6.07 Å². The highest BCUT2D eigenvalue weighted by Crippen LogP contribution is 2.11. The van der Waals surface area contributed by atoms with Gasteiger partial charge in [0.25, 0.3) is 5.91 Å². The first-order chi connectivity index (χ1) is 11.0. The fourth-order valence-electron chi connectivity index (χ4n) is 2.37. The lowest BCUT2D eigenvalue weighted by molar-refractivity contribution is 0.0952. The van der Waals surface area contributed by atoms with Gasteiger partial charge in [0.1, 0.15) is 11.6 Å². The number of hydrogen-bond acceptors (Lipinski definition) is 2. The Morgan fingerprint density at radius 2 is 1.91 bits per heavy atom. The fraction of sp³-hybridized carbons (Fsp3) is 0.125. The zero-order valence-corrected chi connectivity index (χ0v) is 12.0. The maximum Gasteiger partial charge on any atom is 0.326 e. The molecule has 118 valence electrons. The number of H-pyrrole nitrogens is 1. The first kappa shape index (κ1) is 15.0. The SMILES string of the molecule is O=C(NCCn1c(=O)[nH]c2cc(F)ccc21)c1cccc(F)c1. The van der Waals surface area contributed by atoms with E-state index >= 15 is 0 Å². The molecule has 23 heavy (non-hydrogen) atoms. The summed E-state index contributed by atoms with van der Waals surface area (Å²) in [4.78, 5) is 26.3. The first-order valence-electron chi connectivity index (χ1n) is 6.96. The van der Waals surface area contributed by atoms with Crippen LogP contribution in [-0.2, 0) is 6.54 Å². The molecule has 0 radical (unpaired) electrons. The standard InChI is InChI=1S/C16H13F2N3O2/c17-11-3-1-2-10(8-11)15(22)19-6-7-21-14-5-4-12(18)9-13(14)20-16(21)23/h1-5,8-9H,6-7H2,(H,19,22)(H,20,23). The van der Waals surface area contributed by atoms with Crippen molar-refractivity contribution in [3.8, 4) is 0 Å². The van der Waals surface area contributed by atoms with Crippen LogP contribution in [0.4, 0.5) is 8.78 Å². The van der Waals surface area contributed by atoms with Crippen molar-refractivity contribution in [1.29, 1.82) is 0 Å². The van der Waals surface area contributed by atoms with Crippen LogP contribution in [0.1, 0.15) is 10.4 Å². The van der Waals surface area contributed by atoms with E-state index in [4.69, 9.17) is 0 Å². The molecule has 7 heteroatoms.